The smallest absolute Gasteiger partial charge is 0.335 e. The Morgan fingerprint density at radius 3 is 2.46 bits per heavy atom. The molecule has 0 radical (unpaired) electrons. The lowest BCUT2D eigenvalue weighted by Gasteiger charge is -2.09. The summed E-state index contributed by atoms with van der Waals surface area (Å²) in [4.78, 5) is 43.6. The molecular weight excluding hydrogens is 462 g/mol. The standard InChI is InChI=1S/C27H25N3O4S/c1-2-17-5-3-6-19(13-17)14-28-26(32)24-29-22-8-4-7-21(23(22)25(31)30-24)16-35-15-18-9-11-20(12-10-18)27(33)34/h3-13H,2,14-16H2,1H3,(H,28,32)(H,33,34)(H,29,30,31). The second-order valence-corrected chi connectivity index (χ2v) is 9.06. The number of H-pyrrole nitrogens is 1. The van der Waals surface area contributed by atoms with Crippen LogP contribution in [0.25, 0.3) is 10.9 Å². The molecule has 4 aromatic rings. The predicted molar refractivity (Wildman–Crippen MR) is 138 cm³/mol. The minimum absolute atomic E-state index is 0.0162. The molecule has 0 saturated carbocycles. The van der Waals surface area contributed by atoms with Crippen LogP contribution < -0.4 is 10.9 Å². The van der Waals surface area contributed by atoms with E-state index >= 15 is 0 Å². The third kappa shape index (κ3) is 5.96. The van der Waals surface area contributed by atoms with E-state index in [1.165, 1.54) is 5.56 Å². The lowest BCUT2D eigenvalue weighted by molar-refractivity contribution is 0.0696. The van der Waals surface area contributed by atoms with Gasteiger partial charge in [0.1, 0.15) is 0 Å². The van der Waals surface area contributed by atoms with Gasteiger partial charge in [-0.2, -0.15) is 11.8 Å². The fourth-order valence-corrected chi connectivity index (χ4v) is 4.73. The first kappa shape index (κ1) is 24.2. The summed E-state index contributed by atoms with van der Waals surface area (Å²) in [5.74, 6) is -0.165. The van der Waals surface area contributed by atoms with E-state index in [9.17, 15) is 14.4 Å². The summed E-state index contributed by atoms with van der Waals surface area (Å²) >= 11 is 1.61. The molecule has 0 aliphatic heterocycles. The number of carboxylic acid groups (broad SMARTS) is 1. The molecule has 4 rings (SSSR count). The number of fused-ring (bicyclic) bond motifs is 1. The largest absolute Gasteiger partial charge is 0.478 e. The average molecular weight is 488 g/mol. The molecule has 1 aromatic heterocycles. The predicted octanol–water partition coefficient (Wildman–Crippen LogP) is 4.55. The summed E-state index contributed by atoms with van der Waals surface area (Å²) in [5.41, 5.74) is 4.36. The first-order valence-electron chi connectivity index (χ1n) is 11.2. The van der Waals surface area contributed by atoms with E-state index < -0.39 is 11.9 Å². The van der Waals surface area contributed by atoms with Crippen LogP contribution in [0.2, 0.25) is 0 Å². The highest BCUT2D eigenvalue weighted by Gasteiger charge is 2.14. The van der Waals surface area contributed by atoms with Gasteiger partial charge < -0.3 is 15.4 Å². The number of benzene rings is 3. The second-order valence-electron chi connectivity index (χ2n) is 8.08. The summed E-state index contributed by atoms with van der Waals surface area (Å²) in [5, 5.41) is 12.3. The van der Waals surface area contributed by atoms with Crippen molar-refractivity contribution in [3.8, 4) is 0 Å². The number of carbonyl (C=O) groups excluding carboxylic acids is 1. The van der Waals surface area contributed by atoms with Crippen molar-refractivity contribution in [2.45, 2.75) is 31.4 Å². The van der Waals surface area contributed by atoms with Gasteiger partial charge in [-0.05, 0) is 46.9 Å². The van der Waals surface area contributed by atoms with Gasteiger partial charge in [-0.1, -0.05) is 55.5 Å². The Balaban J connectivity index is 1.45. The van der Waals surface area contributed by atoms with Gasteiger partial charge in [-0.3, -0.25) is 9.59 Å². The fraction of sp³-hybridized carbons (Fsp3) is 0.185. The zero-order valence-corrected chi connectivity index (χ0v) is 20.0. The highest BCUT2D eigenvalue weighted by molar-refractivity contribution is 7.97. The Bertz CT molecular complexity index is 1430. The highest BCUT2D eigenvalue weighted by atomic mass is 32.2. The molecule has 1 heterocycles. The zero-order valence-electron chi connectivity index (χ0n) is 19.2. The van der Waals surface area contributed by atoms with E-state index in [2.05, 4.69) is 22.2 Å². The molecule has 178 valence electrons. The topological polar surface area (TPSA) is 112 Å². The van der Waals surface area contributed by atoms with Crippen molar-refractivity contribution in [2.24, 2.45) is 0 Å². The number of carboxylic acids is 1. The van der Waals surface area contributed by atoms with Crippen LogP contribution in [0.1, 0.15) is 50.2 Å². The van der Waals surface area contributed by atoms with E-state index in [0.717, 1.165) is 23.1 Å². The molecule has 0 aliphatic carbocycles. The third-order valence-corrected chi connectivity index (χ3v) is 6.67. The van der Waals surface area contributed by atoms with Crippen LogP contribution in [0, 0.1) is 0 Å². The Morgan fingerprint density at radius 1 is 0.971 bits per heavy atom. The van der Waals surface area contributed by atoms with Gasteiger partial charge in [0.05, 0.1) is 16.5 Å². The molecule has 0 aliphatic rings. The van der Waals surface area contributed by atoms with Crippen molar-refractivity contribution in [1.29, 1.82) is 0 Å². The molecule has 0 bridgehead atoms. The zero-order chi connectivity index (χ0) is 24.8. The molecule has 7 nitrogen and oxygen atoms in total. The third-order valence-electron chi connectivity index (χ3n) is 5.61. The van der Waals surface area contributed by atoms with Crippen LogP contribution in [0.3, 0.4) is 0 Å². The number of rotatable bonds is 9. The molecular formula is C27H25N3O4S. The van der Waals surface area contributed by atoms with Crippen molar-refractivity contribution in [2.75, 3.05) is 0 Å². The molecule has 8 heteroatoms. The maximum atomic E-state index is 12.9. The molecule has 0 spiro atoms. The molecule has 3 aromatic carbocycles. The van der Waals surface area contributed by atoms with Gasteiger partial charge in [-0.25, -0.2) is 9.78 Å². The minimum atomic E-state index is -0.953. The van der Waals surface area contributed by atoms with Crippen LogP contribution in [-0.4, -0.2) is 27.0 Å². The van der Waals surface area contributed by atoms with Gasteiger partial charge >= 0.3 is 5.97 Å². The maximum absolute atomic E-state index is 12.9. The SMILES string of the molecule is CCc1cccc(CNC(=O)c2nc3cccc(CSCc4ccc(C(=O)O)cc4)c3c(=O)[nH]2)c1. The number of carbonyl (C=O) groups is 2. The summed E-state index contributed by atoms with van der Waals surface area (Å²) in [7, 11) is 0. The molecule has 0 saturated heterocycles. The van der Waals surface area contributed by atoms with Crippen molar-refractivity contribution in [3.63, 3.8) is 0 Å². The Kier molecular flexibility index (Phi) is 7.62. The van der Waals surface area contributed by atoms with Gasteiger partial charge in [0.15, 0.2) is 5.82 Å². The normalized spacial score (nSPS) is 10.9. The number of aromatic amines is 1. The molecule has 0 atom stereocenters. The number of nitrogens with zero attached hydrogens (tertiary/aromatic N) is 1. The van der Waals surface area contributed by atoms with Crippen molar-refractivity contribution in [1.82, 2.24) is 15.3 Å². The summed E-state index contributed by atoms with van der Waals surface area (Å²) in [6.45, 7) is 2.42. The van der Waals surface area contributed by atoms with E-state index in [1.54, 1.807) is 42.1 Å². The number of hydrogen-bond donors (Lipinski definition) is 3. The molecule has 0 unspecified atom stereocenters. The molecule has 1 amide bonds. The number of nitrogens with one attached hydrogen (secondary N) is 2. The van der Waals surface area contributed by atoms with E-state index in [-0.39, 0.29) is 16.9 Å². The van der Waals surface area contributed by atoms with Crippen molar-refractivity contribution in [3.05, 3.63) is 111 Å². The van der Waals surface area contributed by atoms with Crippen LogP contribution in [-0.2, 0) is 24.5 Å². The Hall–Kier alpha value is -3.91. The highest BCUT2D eigenvalue weighted by Crippen LogP contribution is 2.22. The van der Waals surface area contributed by atoms with E-state index in [1.807, 2.05) is 36.4 Å². The van der Waals surface area contributed by atoms with Gasteiger partial charge in [0.25, 0.3) is 11.5 Å². The van der Waals surface area contributed by atoms with Crippen LogP contribution >= 0.6 is 11.8 Å². The minimum Gasteiger partial charge on any atom is -0.478 e. The molecule has 0 fully saturated rings. The number of amides is 1. The number of aryl methyl sites for hydroxylation is 1. The molecule has 3 N–H and O–H groups in total. The monoisotopic (exact) mass is 487 g/mol. The lowest BCUT2D eigenvalue weighted by atomic mass is 10.1. The quantitative estimate of drug-likeness (QED) is 0.319. The van der Waals surface area contributed by atoms with Gasteiger partial charge in [-0.15, -0.1) is 0 Å². The summed E-state index contributed by atoms with van der Waals surface area (Å²) in [6.07, 6.45) is 0.916. The van der Waals surface area contributed by atoms with Gasteiger partial charge in [0, 0.05) is 18.1 Å². The number of hydrogen-bond acceptors (Lipinski definition) is 5. The first-order valence-corrected chi connectivity index (χ1v) is 12.4. The van der Waals surface area contributed by atoms with E-state index in [0.29, 0.717) is 29.0 Å². The van der Waals surface area contributed by atoms with E-state index in [4.69, 9.17) is 5.11 Å². The lowest BCUT2D eigenvalue weighted by Crippen LogP contribution is -2.27. The number of thioether (sulfide) groups is 1. The van der Waals surface area contributed by atoms with Crippen LogP contribution in [0.15, 0.2) is 71.5 Å². The first-order chi connectivity index (χ1) is 16.9. The summed E-state index contributed by atoms with van der Waals surface area (Å²) in [6, 6.07) is 20.2. The van der Waals surface area contributed by atoms with Crippen molar-refractivity contribution < 1.29 is 14.7 Å². The Morgan fingerprint density at radius 2 is 1.71 bits per heavy atom. The van der Waals surface area contributed by atoms with Crippen LogP contribution in [0.4, 0.5) is 0 Å². The van der Waals surface area contributed by atoms with Crippen molar-refractivity contribution >= 4 is 34.5 Å². The van der Waals surface area contributed by atoms with Gasteiger partial charge in [0.2, 0.25) is 0 Å². The summed E-state index contributed by atoms with van der Waals surface area (Å²) < 4.78 is 0. The maximum Gasteiger partial charge on any atom is 0.335 e. The second kappa shape index (κ2) is 11.0. The van der Waals surface area contributed by atoms with Crippen LogP contribution in [0.5, 0.6) is 0 Å². The fourth-order valence-electron chi connectivity index (χ4n) is 3.74. The number of aromatic carboxylic acids is 1. The average Bonchev–Trinajstić information content (AvgIpc) is 2.87. The molecule has 35 heavy (non-hydrogen) atoms. The Labute approximate surface area is 206 Å². The number of aromatic nitrogens is 2.